The lowest BCUT2D eigenvalue weighted by Crippen LogP contribution is -2.38. The lowest BCUT2D eigenvalue weighted by atomic mass is 9.74. The highest BCUT2D eigenvalue weighted by Gasteiger charge is 2.71. The second-order valence-electron chi connectivity index (χ2n) is 5.64. The van der Waals surface area contributed by atoms with Gasteiger partial charge in [0.25, 0.3) is 0 Å². The van der Waals surface area contributed by atoms with Gasteiger partial charge in [0.2, 0.25) is 0 Å². The van der Waals surface area contributed by atoms with Gasteiger partial charge in [0.1, 0.15) is 5.54 Å². The molecule has 3 N–H and O–H groups in total. The first kappa shape index (κ1) is 13.8. The van der Waals surface area contributed by atoms with Gasteiger partial charge in [0, 0.05) is 14.1 Å². The highest BCUT2D eigenvalue weighted by Crippen LogP contribution is 2.54. The number of carboxylic acids is 1. The monoisotopic (exact) mass is 256 g/mol. The summed E-state index contributed by atoms with van der Waals surface area (Å²) in [6, 6.07) is 0.111. The smallest absolute Gasteiger partial charge is 0.451 e. The zero-order chi connectivity index (χ0) is 13.5. The Bertz CT molecular complexity index is 339. The van der Waals surface area contributed by atoms with Gasteiger partial charge >= 0.3 is 13.1 Å². The van der Waals surface area contributed by atoms with Gasteiger partial charge in [-0.25, -0.2) is 10.0 Å². The number of carboxylic acid groups (broad SMARTS) is 1. The van der Waals surface area contributed by atoms with Crippen molar-refractivity contribution in [1.82, 2.24) is 10.0 Å². The topological polar surface area (TPSA) is 84.0 Å². The number of hydrazine groups is 1. The first-order chi connectivity index (χ1) is 8.39. The molecule has 0 aromatic rings. The Kier molecular flexibility index (Phi) is 3.69. The summed E-state index contributed by atoms with van der Waals surface area (Å²) in [4.78, 5) is 11.5. The molecule has 102 valence electrons. The number of rotatable bonds is 5. The molecular formula is C11H21BN2O4. The van der Waals surface area contributed by atoms with E-state index in [0.29, 0.717) is 19.2 Å². The van der Waals surface area contributed by atoms with Crippen LogP contribution in [0.3, 0.4) is 0 Å². The third-order valence-corrected chi connectivity index (χ3v) is 4.27. The molecule has 2 rings (SSSR count). The molecule has 1 heterocycles. The molecule has 0 amide bonds. The zero-order valence-electron chi connectivity index (χ0n) is 10.9. The van der Waals surface area contributed by atoms with E-state index >= 15 is 0 Å². The quantitative estimate of drug-likeness (QED) is 0.460. The van der Waals surface area contributed by atoms with Gasteiger partial charge in [-0.1, -0.05) is 6.42 Å². The molecule has 2 unspecified atom stereocenters. The van der Waals surface area contributed by atoms with Crippen molar-refractivity contribution < 1.29 is 19.9 Å². The van der Waals surface area contributed by atoms with E-state index < -0.39 is 18.6 Å². The van der Waals surface area contributed by atoms with E-state index in [1.807, 2.05) is 24.1 Å². The van der Waals surface area contributed by atoms with Crippen LogP contribution >= 0.6 is 0 Å². The molecule has 4 atom stereocenters. The summed E-state index contributed by atoms with van der Waals surface area (Å²) in [5.74, 6) is -0.487. The van der Waals surface area contributed by atoms with Crippen LogP contribution in [0.25, 0.3) is 0 Å². The lowest BCUT2D eigenvalue weighted by molar-refractivity contribution is -0.144. The van der Waals surface area contributed by atoms with Gasteiger partial charge in [-0.3, -0.25) is 4.79 Å². The lowest BCUT2D eigenvalue weighted by Gasteiger charge is -2.25. The van der Waals surface area contributed by atoms with Crippen LogP contribution in [0.1, 0.15) is 25.7 Å². The summed E-state index contributed by atoms with van der Waals surface area (Å²) in [5.41, 5.74) is -0.743. The zero-order valence-corrected chi connectivity index (χ0v) is 10.9. The second kappa shape index (κ2) is 4.81. The number of hydrogen-bond donors (Lipinski definition) is 3. The summed E-state index contributed by atoms with van der Waals surface area (Å²) >= 11 is 0. The highest BCUT2D eigenvalue weighted by molar-refractivity contribution is 6.40. The van der Waals surface area contributed by atoms with Gasteiger partial charge in [-0.2, -0.15) is 0 Å². The molecule has 2 aliphatic rings. The highest BCUT2D eigenvalue weighted by atomic mass is 16.4. The van der Waals surface area contributed by atoms with Crippen molar-refractivity contribution in [3.63, 3.8) is 0 Å². The van der Waals surface area contributed by atoms with Crippen LogP contribution in [0.2, 0.25) is 6.32 Å². The Labute approximate surface area is 107 Å². The van der Waals surface area contributed by atoms with Crippen molar-refractivity contribution in [3.8, 4) is 0 Å². The summed E-state index contributed by atoms with van der Waals surface area (Å²) in [5, 5.41) is 31.1. The van der Waals surface area contributed by atoms with Gasteiger partial charge in [-0.05, 0) is 31.5 Å². The normalized spacial score (nSPS) is 38.4. The minimum absolute atomic E-state index is 0.111. The number of nitrogens with zero attached hydrogens (tertiary/aromatic N) is 2. The summed E-state index contributed by atoms with van der Waals surface area (Å²) in [6.07, 6.45) is 3.46. The molecule has 2 fully saturated rings. The maximum absolute atomic E-state index is 11.5. The summed E-state index contributed by atoms with van der Waals surface area (Å²) in [6.45, 7) is 0. The molecule has 1 aliphatic carbocycles. The minimum Gasteiger partial charge on any atom is -0.480 e. The van der Waals surface area contributed by atoms with Crippen LogP contribution in [0, 0.1) is 5.92 Å². The van der Waals surface area contributed by atoms with Gasteiger partial charge in [0.05, 0.1) is 6.04 Å². The fourth-order valence-electron chi connectivity index (χ4n) is 3.50. The largest absolute Gasteiger partial charge is 0.480 e. The fourth-order valence-corrected chi connectivity index (χ4v) is 3.50. The van der Waals surface area contributed by atoms with Crippen LogP contribution in [-0.4, -0.2) is 63.9 Å². The van der Waals surface area contributed by atoms with Crippen LogP contribution in [0.4, 0.5) is 0 Å². The van der Waals surface area contributed by atoms with Crippen LogP contribution in [0.5, 0.6) is 0 Å². The second-order valence-corrected chi connectivity index (χ2v) is 5.64. The van der Waals surface area contributed by atoms with E-state index in [0.717, 1.165) is 12.8 Å². The first-order valence-electron chi connectivity index (χ1n) is 6.45. The molecule has 1 aliphatic heterocycles. The van der Waals surface area contributed by atoms with Crippen molar-refractivity contribution in [2.75, 3.05) is 14.1 Å². The van der Waals surface area contributed by atoms with Crippen LogP contribution < -0.4 is 0 Å². The van der Waals surface area contributed by atoms with Crippen molar-refractivity contribution in [2.45, 2.75) is 43.6 Å². The maximum atomic E-state index is 11.5. The van der Waals surface area contributed by atoms with E-state index in [1.54, 1.807) is 0 Å². The molecule has 0 bridgehead atoms. The van der Waals surface area contributed by atoms with E-state index in [4.69, 9.17) is 10.0 Å². The maximum Gasteiger partial charge on any atom is 0.451 e. The Morgan fingerprint density at radius 3 is 2.61 bits per heavy atom. The Hall–Kier alpha value is -0.625. The van der Waals surface area contributed by atoms with Crippen LogP contribution in [-0.2, 0) is 4.79 Å². The summed E-state index contributed by atoms with van der Waals surface area (Å²) in [7, 11) is 2.46. The molecule has 7 heteroatoms. The van der Waals surface area contributed by atoms with Gasteiger partial charge in [0.15, 0.2) is 0 Å². The third kappa shape index (κ3) is 2.16. The molecule has 0 aromatic heterocycles. The van der Waals surface area contributed by atoms with Gasteiger partial charge < -0.3 is 15.2 Å². The average Bonchev–Trinajstić information content (AvgIpc) is 2.95. The first-order valence-corrected chi connectivity index (χ1v) is 6.45. The van der Waals surface area contributed by atoms with E-state index in [1.165, 1.54) is 0 Å². The fraction of sp³-hybridized carbons (Fsp3) is 0.909. The predicted molar refractivity (Wildman–Crippen MR) is 66.6 cm³/mol. The van der Waals surface area contributed by atoms with E-state index in [-0.39, 0.29) is 12.0 Å². The Balaban J connectivity index is 2.02. The minimum atomic E-state index is -1.28. The van der Waals surface area contributed by atoms with Crippen molar-refractivity contribution in [3.05, 3.63) is 0 Å². The molecule has 18 heavy (non-hydrogen) atoms. The van der Waals surface area contributed by atoms with E-state index in [2.05, 4.69) is 0 Å². The van der Waals surface area contributed by atoms with Crippen molar-refractivity contribution in [1.29, 1.82) is 0 Å². The number of hydrogen-bond acceptors (Lipinski definition) is 5. The number of fused-ring (bicyclic) bond motifs is 1. The molecule has 0 aromatic carbocycles. The molecule has 1 saturated carbocycles. The SMILES string of the molecule is CN(C)N1C2CC[C@@H](CCB(O)O)C[C@]21C(=O)O. The molecule has 0 spiro atoms. The molecule has 6 nitrogen and oxygen atoms in total. The molecule has 0 radical (unpaired) electrons. The third-order valence-electron chi connectivity index (χ3n) is 4.27. The number of aliphatic carboxylic acids is 1. The standard InChI is InChI=1S/C11H21BN2O4/c1-13(2)14-9-4-3-8(5-6-12(17)18)7-11(9,14)10(15)16/h8-9,17-18H,3-7H2,1-2H3,(H,15,16)/t8-,9?,11+,14?/m0/s1. The molecule has 1 saturated heterocycles. The van der Waals surface area contributed by atoms with Crippen molar-refractivity contribution in [2.24, 2.45) is 5.92 Å². The predicted octanol–water partition coefficient (Wildman–Crippen LogP) is -0.366. The Morgan fingerprint density at radius 1 is 1.44 bits per heavy atom. The number of carbonyl (C=O) groups is 1. The Morgan fingerprint density at radius 2 is 2.11 bits per heavy atom. The van der Waals surface area contributed by atoms with Crippen LogP contribution in [0.15, 0.2) is 0 Å². The average molecular weight is 256 g/mol. The summed E-state index contributed by atoms with van der Waals surface area (Å²) < 4.78 is 0. The van der Waals surface area contributed by atoms with Crippen molar-refractivity contribution >= 4 is 13.1 Å². The van der Waals surface area contributed by atoms with Gasteiger partial charge in [-0.15, -0.1) is 0 Å². The molecular weight excluding hydrogens is 235 g/mol. The van der Waals surface area contributed by atoms with E-state index in [9.17, 15) is 9.90 Å².